The first kappa shape index (κ1) is 118. The lowest BCUT2D eigenvalue weighted by Gasteiger charge is -2.32. The van der Waals surface area contributed by atoms with Gasteiger partial charge in [-0.15, -0.1) is 113 Å². The molecule has 5 aliphatic heterocycles. The Bertz CT molecular complexity index is 5640. The number of fused-ring (bicyclic) bond motifs is 2. The summed E-state index contributed by atoms with van der Waals surface area (Å²) in [6, 6.07) is 43.3. The van der Waals surface area contributed by atoms with E-state index in [9.17, 15) is 0 Å². The van der Waals surface area contributed by atoms with E-state index in [1.54, 1.807) is 79.4 Å². The van der Waals surface area contributed by atoms with E-state index in [0.717, 1.165) is 110 Å². The van der Waals surface area contributed by atoms with Gasteiger partial charge in [0, 0.05) is 79.7 Å². The Morgan fingerprint density at radius 3 is 0.678 bits per heavy atom. The summed E-state index contributed by atoms with van der Waals surface area (Å²) in [6.07, 6.45) is 59.3. The van der Waals surface area contributed by atoms with E-state index in [2.05, 4.69) is 273 Å². The Labute approximate surface area is 944 Å². The Morgan fingerprint density at radius 2 is 0.445 bits per heavy atom. The van der Waals surface area contributed by atoms with Crippen molar-refractivity contribution in [1.82, 2.24) is 19.6 Å². The molecule has 10 aromatic heterocycles. The molecule has 146 heavy (non-hydrogen) atoms. The first-order valence-corrected chi connectivity index (χ1v) is 67.2. The highest BCUT2D eigenvalue weighted by molar-refractivity contribution is 9.11. The molecule has 0 N–H and O–H groups in total. The van der Waals surface area contributed by atoms with Gasteiger partial charge in [0.05, 0.1) is 87.2 Å². The van der Waals surface area contributed by atoms with Crippen molar-refractivity contribution in [2.24, 2.45) is 23.7 Å². The summed E-state index contributed by atoms with van der Waals surface area (Å²) in [5, 5.41) is 4.27. The molecule has 0 aliphatic carbocycles. The zero-order valence-corrected chi connectivity index (χ0v) is 103. The molecule has 0 aromatic carbocycles. The molecule has 0 spiro atoms. The fraction of sp³-hybridized carbons (Fsp3) is 0.574. The summed E-state index contributed by atoms with van der Waals surface area (Å²) in [4.78, 5) is 86.5. The molecule has 0 saturated carbocycles. The molecular weight excluding hydrogens is 2190 g/mol. The van der Waals surface area contributed by atoms with Gasteiger partial charge in [-0.2, -0.15) is 0 Å². The number of nitrogens with zero attached hydrogens (tertiary/aromatic N) is 4. The van der Waals surface area contributed by atoms with Crippen molar-refractivity contribution in [3.05, 3.63) is 185 Å². The zero-order valence-electron chi connectivity index (χ0n) is 89.8. The Kier molecular flexibility index (Phi) is 49.9. The second-order valence-corrected chi connectivity index (χ2v) is 57.1. The highest BCUT2D eigenvalue weighted by Crippen LogP contribution is 2.55. The highest BCUT2D eigenvalue weighted by atomic mass is 79.9. The molecule has 10 nitrogen and oxygen atoms in total. The number of carbonyl (C=O) groups excluding carboxylic acids is 4. The third-order valence-corrected chi connectivity index (χ3v) is 43.4. The first-order valence-electron chi connectivity index (χ1n) is 56.5. The number of hydrogen-bond acceptors (Lipinski definition) is 16. The van der Waals surface area contributed by atoms with Crippen LogP contribution in [0.1, 0.15) is 411 Å². The lowest BCUT2D eigenvalue weighted by Crippen LogP contribution is -2.41. The van der Waals surface area contributed by atoms with Crippen LogP contribution in [0, 0.1) is 23.7 Å². The predicted molar refractivity (Wildman–Crippen MR) is 652 cm³/mol. The first-order chi connectivity index (χ1) is 71.0. The van der Waals surface area contributed by atoms with Crippen LogP contribution in [-0.4, -0.2) is 87.7 Å². The molecule has 4 amide bonds. The maximum atomic E-state index is 15.6. The summed E-state index contributed by atoms with van der Waals surface area (Å²) in [7, 11) is -0.273. The van der Waals surface area contributed by atoms with Gasteiger partial charge in [-0.3, -0.25) is 19.2 Å². The number of amides is 4. The van der Waals surface area contributed by atoms with E-state index in [1.807, 2.05) is 43.8 Å². The molecule has 15 heterocycles. The lowest BCUT2D eigenvalue weighted by atomic mass is 9.88. The molecular formula is C122H166BBr3N4O6S10. The quantitative estimate of drug-likeness (QED) is 0.0278. The van der Waals surface area contributed by atoms with Crippen LogP contribution in [0.15, 0.2) is 166 Å². The van der Waals surface area contributed by atoms with Gasteiger partial charge >= 0.3 is 7.12 Å². The second kappa shape index (κ2) is 61.5. The average molecular weight is 2360 g/mol. The van der Waals surface area contributed by atoms with Crippen LogP contribution in [-0.2, 0) is 28.5 Å². The maximum absolute atomic E-state index is 15.6. The van der Waals surface area contributed by atoms with Crippen molar-refractivity contribution >= 4 is 219 Å². The van der Waals surface area contributed by atoms with Gasteiger partial charge in [0.1, 0.15) is 0 Å². The minimum absolute atomic E-state index is 0.0231. The predicted octanol–water partition coefficient (Wildman–Crippen LogP) is 41.6. The molecule has 1 fully saturated rings. The smallest absolute Gasteiger partial charge is 0.399 e. The number of halogens is 3. The molecule has 24 heteroatoms. The van der Waals surface area contributed by atoms with Crippen LogP contribution >= 0.6 is 161 Å². The largest absolute Gasteiger partial charge is 0.505 e. The van der Waals surface area contributed by atoms with Gasteiger partial charge in [-0.1, -0.05) is 330 Å². The van der Waals surface area contributed by atoms with Gasteiger partial charge in [0.15, 0.2) is 0 Å². The minimum Gasteiger partial charge on any atom is -0.399 e. The lowest BCUT2D eigenvalue weighted by molar-refractivity contribution is -0.124. The van der Waals surface area contributed by atoms with Gasteiger partial charge in [-0.05, 0) is 264 Å². The third-order valence-electron chi connectivity index (χ3n) is 30.3. The number of thiophene rings is 10. The summed E-state index contributed by atoms with van der Waals surface area (Å²) < 4.78 is 16.5. The van der Waals surface area contributed by atoms with Crippen molar-refractivity contribution < 1.29 is 28.5 Å². The Hall–Kier alpha value is -4.74. The summed E-state index contributed by atoms with van der Waals surface area (Å²) >= 11 is 28.7. The molecule has 0 radical (unpaired) electrons. The molecule has 4 unspecified atom stereocenters. The van der Waals surface area contributed by atoms with Crippen molar-refractivity contribution in [2.45, 2.75) is 402 Å². The van der Waals surface area contributed by atoms with Crippen LogP contribution in [0.3, 0.4) is 0 Å². The molecule has 794 valence electrons. The topological polar surface area (TPSA) is 99.7 Å². The number of unbranched alkanes of at least 4 members (excludes halogenated alkanes) is 32. The van der Waals surface area contributed by atoms with E-state index < -0.39 is 0 Å². The summed E-state index contributed by atoms with van der Waals surface area (Å²) in [6.45, 7) is 29.3. The van der Waals surface area contributed by atoms with E-state index >= 15 is 19.2 Å². The Morgan fingerprint density at radius 1 is 0.247 bits per heavy atom. The minimum atomic E-state index is -0.295. The normalized spacial score (nSPS) is 15.9. The number of rotatable bonds is 66. The molecule has 1 saturated heterocycles. The van der Waals surface area contributed by atoms with Gasteiger partial charge in [-0.25, -0.2) is 0 Å². The van der Waals surface area contributed by atoms with Crippen molar-refractivity contribution in [3.63, 3.8) is 0 Å². The summed E-state index contributed by atoms with van der Waals surface area (Å²) in [5.41, 5.74) is 5.38. The molecule has 4 atom stereocenters. The zero-order chi connectivity index (χ0) is 103. The van der Waals surface area contributed by atoms with Gasteiger partial charge in [0.2, 0.25) is 0 Å². The van der Waals surface area contributed by atoms with Crippen molar-refractivity contribution in [2.75, 3.05) is 26.2 Å². The number of hydrogen-bond donors (Lipinski definition) is 0. The molecule has 15 rings (SSSR count). The van der Waals surface area contributed by atoms with Crippen LogP contribution in [0.25, 0.3) is 71.6 Å². The molecule has 5 aliphatic rings. The SMILES string of the molecule is CC1(C)OB(c2ccc(-c3ccc(-c4cccs4)s3)s2)OC1(C)C.CCCCCCCCC(CCCCCC)CN1C(=O)C2=C(c3ccc(-c4ccc(-c5ccc(-c6cccs6)s5)s4)s3)N(CC(CCCCCC)CCCCCCCC)C(=O)C2=C1c1ccc(Br)s1.CCCCCCCCC(CCCCCC)CN1C(=O)C2=C(c3ccc(Br)s3)N(CC(CCCCCC)CCCCCCCC)C(=O)C2=C1c1ccc(Br)s1. The van der Waals surface area contributed by atoms with Crippen LogP contribution in [0.4, 0.5) is 0 Å². The van der Waals surface area contributed by atoms with Crippen molar-refractivity contribution in [1.29, 1.82) is 0 Å². The number of carbonyl (C=O) groups is 4. The van der Waals surface area contributed by atoms with E-state index in [4.69, 9.17) is 9.31 Å². The fourth-order valence-corrected chi connectivity index (χ4v) is 32.6. The van der Waals surface area contributed by atoms with Crippen LogP contribution in [0.2, 0.25) is 0 Å². The van der Waals surface area contributed by atoms with E-state index in [-0.39, 0.29) is 41.9 Å². The summed E-state index contributed by atoms with van der Waals surface area (Å²) in [5.74, 6) is 1.72. The third kappa shape index (κ3) is 32.9. The highest BCUT2D eigenvalue weighted by Gasteiger charge is 2.54. The van der Waals surface area contributed by atoms with E-state index in [0.29, 0.717) is 72.1 Å². The van der Waals surface area contributed by atoms with Crippen LogP contribution in [0.5, 0.6) is 0 Å². The maximum Gasteiger partial charge on any atom is 0.505 e. The van der Waals surface area contributed by atoms with E-state index in [1.165, 1.54) is 306 Å². The molecule has 0 bridgehead atoms. The van der Waals surface area contributed by atoms with Gasteiger partial charge in [0.25, 0.3) is 23.6 Å². The monoisotopic (exact) mass is 2350 g/mol. The second-order valence-electron chi connectivity index (χ2n) is 42.4. The molecule has 10 aromatic rings. The Balaban J connectivity index is 0.000000202. The van der Waals surface area contributed by atoms with Gasteiger partial charge < -0.3 is 28.9 Å². The average Bonchev–Trinajstić information content (AvgIpc) is 1.55. The fourth-order valence-electron chi connectivity index (χ4n) is 21.3. The van der Waals surface area contributed by atoms with Crippen molar-refractivity contribution in [3.8, 4) is 48.8 Å². The van der Waals surface area contributed by atoms with Crippen LogP contribution < -0.4 is 4.78 Å². The standard InChI is InChI=1S/C58H77BrN2O2S5.C46H70Br2N2O2S2.C18H19BO2S3/c1-5-9-13-17-19-23-28-42(26-21-15-11-7-3)40-60-55(50-36-35-49(67-50)48-34-33-47(66-48)46-32-31-45(65-46)44-30-25-39-64-44)53-54(58(60)63)56(51-37-38-52(59)68-51)61(57(53)62)41-43(27-22-16-12-8-4)29-24-20-18-14-10-6-2;1-5-9-13-17-19-23-27-35(25-21-15-11-7-3)33-49-43(37-29-31-39(47)53-37)41-42(45(49)51)44(38-30-32-40(48)54-38)50(46(41)52)34-36(26-22-16-12-8-4)28-24-20-18-14-10-6-2;1-17(2)18(3,4)21-19(20-17)16-10-9-15(24-16)14-8-7-13(23-14)12-6-5-11-22-12/h25,30-39,42-43H,5-24,26-29,40-41H2,1-4H3;29-32,35-36H,5-28,33-34H2,1-4H3;5-11H,1-4H3.